The van der Waals surface area contributed by atoms with E-state index in [2.05, 4.69) is 37.7 Å². The third kappa shape index (κ3) is 3.90. The Morgan fingerprint density at radius 1 is 1.00 bits per heavy atom. The van der Waals surface area contributed by atoms with Gasteiger partial charge in [0.05, 0.1) is 6.04 Å². The number of hydrogen-bond donors (Lipinski definition) is 2. The molecule has 3 aromatic rings. The second-order valence-corrected chi connectivity index (χ2v) is 5.17. The highest BCUT2D eigenvalue weighted by molar-refractivity contribution is 5.55. The smallest absolute Gasteiger partial charge is 0.163 e. The van der Waals surface area contributed by atoms with E-state index >= 15 is 0 Å². The number of nitrogens with zero attached hydrogens (tertiary/aromatic N) is 3. The van der Waals surface area contributed by atoms with Crippen molar-refractivity contribution in [3.63, 3.8) is 0 Å². The predicted octanol–water partition coefficient (Wildman–Crippen LogP) is 2.91. The van der Waals surface area contributed by atoms with E-state index in [-0.39, 0.29) is 6.04 Å². The van der Waals surface area contributed by atoms with Gasteiger partial charge < -0.3 is 10.6 Å². The van der Waals surface area contributed by atoms with Crippen LogP contribution >= 0.6 is 0 Å². The van der Waals surface area contributed by atoms with E-state index in [4.69, 9.17) is 0 Å². The van der Waals surface area contributed by atoms with Gasteiger partial charge in [0, 0.05) is 30.7 Å². The molecule has 1 atom stereocenters. The standard InChI is InChI=1S/C18H19N5/c1-19-13-16(14-6-3-2-4-7-14)22-17-9-11-21-18(23-17)15-8-5-10-20-12-15/h2-12,16,19H,13H2,1H3,(H,21,22,23). The number of likely N-dealkylation sites (N-methyl/N-ethyl adjacent to an activating group) is 1. The second-order valence-electron chi connectivity index (χ2n) is 5.17. The van der Waals surface area contributed by atoms with E-state index < -0.39 is 0 Å². The Hall–Kier alpha value is -2.79. The summed E-state index contributed by atoms with van der Waals surface area (Å²) in [7, 11) is 1.94. The minimum atomic E-state index is 0.137. The molecule has 0 saturated carbocycles. The molecule has 0 aliphatic rings. The largest absolute Gasteiger partial charge is 0.362 e. The lowest BCUT2D eigenvalue weighted by Gasteiger charge is -2.19. The summed E-state index contributed by atoms with van der Waals surface area (Å²) in [4.78, 5) is 13.0. The fraction of sp³-hybridized carbons (Fsp3) is 0.167. The Labute approximate surface area is 135 Å². The Balaban J connectivity index is 1.84. The number of aromatic nitrogens is 3. The average Bonchev–Trinajstić information content (AvgIpc) is 2.63. The van der Waals surface area contributed by atoms with Crippen LogP contribution in [0.25, 0.3) is 11.4 Å². The number of benzene rings is 1. The van der Waals surface area contributed by atoms with E-state index in [0.717, 1.165) is 17.9 Å². The third-order valence-corrected chi connectivity index (χ3v) is 3.51. The normalized spacial score (nSPS) is 11.9. The first-order valence-electron chi connectivity index (χ1n) is 7.56. The molecule has 0 radical (unpaired) electrons. The molecule has 0 fully saturated rings. The monoisotopic (exact) mass is 305 g/mol. The van der Waals surface area contributed by atoms with Crippen LogP contribution in [0.4, 0.5) is 5.82 Å². The van der Waals surface area contributed by atoms with Gasteiger partial charge in [-0.1, -0.05) is 30.3 Å². The number of pyridine rings is 1. The zero-order valence-corrected chi connectivity index (χ0v) is 13.0. The summed E-state index contributed by atoms with van der Waals surface area (Å²) in [5.74, 6) is 1.46. The Kier molecular flexibility index (Phi) is 4.91. The first-order valence-corrected chi connectivity index (χ1v) is 7.56. The summed E-state index contributed by atoms with van der Waals surface area (Å²) in [6.45, 7) is 0.802. The highest BCUT2D eigenvalue weighted by Crippen LogP contribution is 2.20. The van der Waals surface area contributed by atoms with E-state index in [9.17, 15) is 0 Å². The van der Waals surface area contributed by atoms with Gasteiger partial charge in [0.15, 0.2) is 5.82 Å². The summed E-state index contributed by atoms with van der Waals surface area (Å²) < 4.78 is 0. The molecule has 0 aliphatic heterocycles. The van der Waals surface area contributed by atoms with Gasteiger partial charge >= 0.3 is 0 Å². The van der Waals surface area contributed by atoms with Crippen molar-refractivity contribution >= 4 is 5.82 Å². The van der Waals surface area contributed by atoms with Crippen molar-refractivity contribution in [1.29, 1.82) is 0 Å². The number of hydrogen-bond acceptors (Lipinski definition) is 5. The molecular weight excluding hydrogens is 286 g/mol. The molecule has 116 valence electrons. The Morgan fingerprint density at radius 3 is 2.61 bits per heavy atom. The molecule has 5 nitrogen and oxygen atoms in total. The van der Waals surface area contributed by atoms with Crippen molar-refractivity contribution in [2.45, 2.75) is 6.04 Å². The van der Waals surface area contributed by atoms with Crippen LogP contribution in [0.15, 0.2) is 67.1 Å². The molecule has 0 bridgehead atoms. The molecule has 0 amide bonds. The van der Waals surface area contributed by atoms with E-state index in [0.29, 0.717) is 5.82 Å². The van der Waals surface area contributed by atoms with Crippen LogP contribution in [0.2, 0.25) is 0 Å². The van der Waals surface area contributed by atoms with Gasteiger partial charge in [-0.2, -0.15) is 0 Å². The molecule has 1 unspecified atom stereocenters. The molecule has 2 heterocycles. The van der Waals surface area contributed by atoms with Crippen LogP contribution in [-0.2, 0) is 0 Å². The molecule has 3 rings (SSSR count). The van der Waals surface area contributed by atoms with E-state index in [1.54, 1.807) is 18.6 Å². The highest BCUT2D eigenvalue weighted by Gasteiger charge is 2.11. The predicted molar refractivity (Wildman–Crippen MR) is 92.0 cm³/mol. The first-order chi connectivity index (χ1) is 11.4. The molecule has 0 aliphatic carbocycles. The van der Waals surface area contributed by atoms with Crippen LogP contribution in [-0.4, -0.2) is 28.5 Å². The number of nitrogens with one attached hydrogen (secondary N) is 2. The average molecular weight is 305 g/mol. The van der Waals surface area contributed by atoms with E-state index in [1.165, 1.54) is 5.56 Å². The molecule has 5 heteroatoms. The van der Waals surface area contributed by atoms with Crippen LogP contribution < -0.4 is 10.6 Å². The van der Waals surface area contributed by atoms with Gasteiger partial charge in [0.2, 0.25) is 0 Å². The summed E-state index contributed by atoms with van der Waals surface area (Å²) in [6.07, 6.45) is 5.27. The third-order valence-electron chi connectivity index (χ3n) is 3.51. The minimum absolute atomic E-state index is 0.137. The van der Waals surface area contributed by atoms with Crippen molar-refractivity contribution in [3.05, 3.63) is 72.7 Å². The lowest BCUT2D eigenvalue weighted by Crippen LogP contribution is -2.24. The van der Waals surface area contributed by atoms with Crippen LogP contribution in [0.5, 0.6) is 0 Å². The van der Waals surface area contributed by atoms with Crippen LogP contribution in [0, 0.1) is 0 Å². The molecular formula is C18H19N5. The molecule has 23 heavy (non-hydrogen) atoms. The number of anilines is 1. The summed E-state index contributed by atoms with van der Waals surface area (Å²) in [5, 5.41) is 6.69. The van der Waals surface area contributed by atoms with Gasteiger partial charge in [-0.3, -0.25) is 4.98 Å². The maximum Gasteiger partial charge on any atom is 0.163 e. The van der Waals surface area contributed by atoms with Crippen molar-refractivity contribution in [3.8, 4) is 11.4 Å². The number of rotatable bonds is 6. The quantitative estimate of drug-likeness (QED) is 0.733. The lowest BCUT2D eigenvalue weighted by molar-refractivity contribution is 0.686. The van der Waals surface area contributed by atoms with Crippen molar-refractivity contribution in [2.75, 3.05) is 18.9 Å². The van der Waals surface area contributed by atoms with Gasteiger partial charge in [-0.25, -0.2) is 9.97 Å². The van der Waals surface area contributed by atoms with Gasteiger partial charge in [0.25, 0.3) is 0 Å². The van der Waals surface area contributed by atoms with Crippen molar-refractivity contribution < 1.29 is 0 Å². The molecule has 0 spiro atoms. The highest BCUT2D eigenvalue weighted by atomic mass is 15.1. The fourth-order valence-electron chi connectivity index (χ4n) is 2.39. The topological polar surface area (TPSA) is 62.7 Å². The van der Waals surface area contributed by atoms with Gasteiger partial charge in [-0.05, 0) is 30.8 Å². The molecule has 2 aromatic heterocycles. The first kappa shape index (κ1) is 15.1. The summed E-state index contributed by atoms with van der Waals surface area (Å²) >= 11 is 0. The minimum Gasteiger partial charge on any atom is -0.362 e. The Bertz CT molecular complexity index is 731. The molecule has 0 saturated heterocycles. The second kappa shape index (κ2) is 7.47. The van der Waals surface area contributed by atoms with Gasteiger partial charge in [0.1, 0.15) is 5.82 Å². The van der Waals surface area contributed by atoms with Gasteiger partial charge in [-0.15, -0.1) is 0 Å². The fourth-order valence-corrected chi connectivity index (χ4v) is 2.39. The zero-order valence-electron chi connectivity index (χ0n) is 13.0. The van der Waals surface area contributed by atoms with Crippen LogP contribution in [0.1, 0.15) is 11.6 Å². The summed E-state index contributed by atoms with van der Waals surface area (Å²) in [6, 6.07) is 16.2. The van der Waals surface area contributed by atoms with Crippen LogP contribution in [0.3, 0.4) is 0 Å². The van der Waals surface area contributed by atoms with E-state index in [1.807, 2.05) is 43.4 Å². The van der Waals surface area contributed by atoms with Crippen molar-refractivity contribution in [1.82, 2.24) is 20.3 Å². The maximum absolute atomic E-state index is 4.60. The summed E-state index contributed by atoms with van der Waals surface area (Å²) in [5.41, 5.74) is 2.12. The maximum atomic E-state index is 4.60. The zero-order chi connectivity index (χ0) is 15.9. The SMILES string of the molecule is CNCC(Nc1ccnc(-c2cccnc2)n1)c1ccccc1. The van der Waals surface area contributed by atoms with Crippen molar-refractivity contribution in [2.24, 2.45) is 0 Å². The molecule has 2 N–H and O–H groups in total. The molecule has 1 aromatic carbocycles. The Morgan fingerprint density at radius 2 is 1.87 bits per heavy atom. The lowest BCUT2D eigenvalue weighted by atomic mass is 10.1.